The fraction of sp³-hybridized carbons (Fsp3) is 0.444. The second-order valence-electron chi connectivity index (χ2n) is 6.50. The Labute approximate surface area is 160 Å². The zero-order chi connectivity index (χ0) is 19.6. The van der Waals surface area contributed by atoms with Crippen LogP contribution in [0.1, 0.15) is 35.8 Å². The fourth-order valence-electron chi connectivity index (χ4n) is 3.31. The van der Waals surface area contributed by atoms with E-state index < -0.39 is 23.3 Å². The van der Waals surface area contributed by atoms with Crippen LogP contribution in [0.2, 0.25) is 5.02 Å². The Kier molecular flexibility index (Phi) is 5.76. The SMILES string of the molecule is CCN1CCCC(NC(=O)c2cnn(-c3cccc(Cl)c3)c2C(F)(F)F)C1. The zero-order valence-electron chi connectivity index (χ0n) is 14.8. The number of alkyl halides is 3. The molecule has 0 saturated carbocycles. The number of likely N-dealkylation sites (N-methyl/N-ethyl adjacent to an activating group) is 1. The summed E-state index contributed by atoms with van der Waals surface area (Å²) in [6.45, 7) is 4.42. The number of benzene rings is 1. The van der Waals surface area contributed by atoms with Gasteiger partial charge in [-0.15, -0.1) is 0 Å². The van der Waals surface area contributed by atoms with Crippen molar-refractivity contribution in [3.05, 3.63) is 46.7 Å². The van der Waals surface area contributed by atoms with Crippen molar-refractivity contribution in [1.29, 1.82) is 0 Å². The number of carbonyl (C=O) groups excluding carboxylic acids is 1. The number of nitrogens with one attached hydrogen (secondary N) is 1. The van der Waals surface area contributed by atoms with Crippen LogP contribution in [0.5, 0.6) is 0 Å². The Hall–Kier alpha value is -2.06. The van der Waals surface area contributed by atoms with E-state index in [4.69, 9.17) is 11.6 Å². The number of amides is 1. The number of hydrogen-bond donors (Lipinski definition) is 1. The molecule has 0 aliphatic carbocycles. The van der Waals surface area contributed by atoms with Crippen molar-refractivity contribution < 1.29 is 18.0 Å². The number of hydrogen-bond acceptors (Lipinski definition) is 3. The summed E-state index contributed by atoms with van der Waals surface area (Å²) in [7, 11) is 0. The van der Waals surface area contributed by atoms with Crippen LogP contribution in [0.3, 0.4) is 0 Å². The van der Waals surface area contributed by atoms with Crippen LogP contribution in [-0.4, -0.2) is 46.3 Å². The molecule has 1 aliphatic heterocycles. The van der Waals surface area contributed by atoms with Gasteiger partial charge in [0.05, 0.1) is 17.4 Å². The minimum atomic E-state index is -4.74. The van der Waals surface area contributed by atoms with Crippen LogP contribution in [0.15, 0.2) is 30.5 Å². The maximum atomic E-state index is 13.7. The number of aromatic nitrogens is 2. The highest BCUT2D eigenvalue weighted by atomic mass is 35.5. The van der Waals surface area contributed by atoms with Gasteiger partial charge in [-0.05, 0) is 44.1 Å². The van der Waals surface area contributed by atoms with Crippen molar-refractivity contribution in [2.24, 2.45) is 0 Å². The van der Waals surface area contributed by atoms with Crippen molar-refractivity contribution in [1.82, 2.24) is 20.0 Å². The van der Waals surface area contributed by atoms with Crippen molar-refractivity contribution in [2.75, 3.05) is 19.6 Å². The summed E-state index contributed by atoms with van der Waals surface area (Å²) in [4.78, 5) is 14.7. The number of carbonyl (C=O) groups is 1. The predicted octanol–water partition coefficient (Wildman–Crippen LogP) is 3.76. The number of rotatable bonds is 4. The normalized spacial score (nSPS) is 18.5. The number of likely N-dealkylation sites (tertiary alicyclic amines) is 1. The van der Waals surface area contributed by atoms with E-state index in [0.29, 0.717) is 11.2 Å². The highest BCUT2D eigenvalue weighted by Gasteiger charge is 2.41. The first kappa shape index (κ1) is 19.7. The minimum absolute atomic E-state index is 0.142. The number of halogens is 4. The molecule has 1 aromatic heterocycles. The van der Waals surface area contributed by atoms with Crippen LogP contribution < -0.4 is 5.32 Å². The second-order valence-corrected chi connectivity index (χ2v) is 6.94. The van der Waals surface area contributed by atoms with Crippen LogP contribution in [0.25, 0.3) is 5.69 Å². The molecular formula is C18H20ClF3N4O. The summed E-state index contributed by atoms with van der Waals surface area (Å²) in [6, 6.07) is 5.72. The first-order valence-electron chi connectivity index (χ1n) is 8.74. The Morgan fingerprint density at radius 2 is 2.19 bits per heavy atom. The lowest BCUT2D eigenvalue weighted by molar-refractivity contribution is -0.143. The van der Waals surface area contributed by atoms with E-state index in [0.717, 1.165) is 32.1 Å². The largest absolute Gasteiger partial charge is 0.434 e. The van der Waals surface area contributed by atoms with Gasteiger partial charge < -0.3 is 10.2 Å². The van der Waals surface area contributed by atoms with Crippen molar-refractivity contribution in [3.63, 3.8) is 0 Å². The smallest absolute Gasteiger partial charge is 0.348 e. The average Bonchev–Trinajstić information content (AvgIpc) is 3.07. The Morgan fingerprint density at radius 3 is 2.85 bits per heavy atom. The van der Waals surface area contributed by atoms with E-state index in [-0.39, 0.29) is 16.8 Å². The average molecular weight is 401 g/mol. The first-order chi connectivity index (χ1) is 12.8. The van der Waals surface area contributed by atoms with Crippen molar-refractivity contribution in [2.45, 2.75) is 32.0 Å². The van der Waals surface area contributed by atoms with Gasteiger partial charge in [-0.1, -0.05) is 24.6 Å². The maximum Gasteiger partial charge on any atom is 0.434 e. The number of piperidine rings is 1. The second kappa shape index (κ2) is 7.90. The van der Waals surface area contributed by atoms with Gasteiger partial charge in [-0.2, -0.15) is 18.3 Å². The third-order valence-electron chi connectivity index (χ3n) is 4.62. The molecule has 1 saturated heterocycles. The molecule has 2 heterocycles. The first-order valence-corrected chi connectivity index (χ1v) is 9.11. The molecule has 0 bridgehead atoms. The highest BCUT2D eigenvalue weighted by Crippen LogP contribution is 2.34. The van der Waals surface area contributed by atoms with E-state index in [1.807, 2.05) is 6.92 Å². The van der Waals surface area contributed by atoms with Gasteiger partial charge in [0.25, 0.3) is 5.91 Å². The monoisotopic (exact) mass is 400 g/mol. The van der Waals surface area contributed by atoms with Crippen LogP contribution in [0.4, 0.5) is 13.2 Å². The summed E-state index contributed by atoms with van der Waals surface area (Å²) in [5, 5.41) is 6.82. The molecule has 1 unspecified atom stereocenters. The molecule has 27 heavy (non-hydrogen) atoms. The molecule has 1 atom stereocenters. The number of nitrogens with zero attached hydrogens (tertiary/aromatic N) is 3. The van der Waals surface area contributed by atoms with E-state index in [2.05, 4.69) is 15.3 Å². The van der Waals surface area contributed by atoms with Gasteiger partial charge >= 0.3 is 6.18 Å². The van der Waals surface area contributed by atoms with Gasteiger partial charge in [0.15, 0.2) is 5.69 Å². The molecular weight excluding hydrogens is 381 g/mol. The zero-order valence-corrected chi connectivity index (χ0v) is 15.5. The standard InChI is InChI=1S/C18H20ClF3N4O/c1-2-25-8-4-6-13(11-25)24-17(27)15-10-23-26(16(15)18(20,21)22)14-7-3-5-12(19)9-14/h3,5,7,9-10,13H,2,4,6,8,11H2,1H3,(H,24,27). The minimum Gasteiger partial charge on any atom is -0.348 e. The van der Waals surface area contributed by atoms with Crippen LogP contribution in [-0.2, 0) is 6.18 Å². The summed E-state index contributed by atoms with van der Waals surface area (Å²) >= 11 is 5.88. The molecule has 146 valence electrons. The summed E-state index contributed by atoms with van der Waals surface area (Å²) in [5.41, 5.74) is -1.45. The van der Waals surface area contributed by atoms with Crippen molar-refractivity contribution >= 4 is 17.5 Å². The van der Waals surface area contributed by atoms with E-state index in [1.165, 1.54) is 18.2 Å². The summed E-state index contributed by atoms with van der Waals surface area (Å²) < 4.78 is 41.8. The lowest BCUT2D eigenvalue weighted by atomic mass is 10.1. The molecule has 0 spiro atoms. The van der Waals surface area contributed by atoms with E-state index in [9.17, 15) is 18.0 Å². The topological polar surface area (TPSA) is 50.2 Å². The van der Waals surface area contributed by atoms with Crippen molar-refractivity contribution in [3.8, 4) is 5.69 Å². The molecule has 5 nitrogen and oxygen atoms in total. The van der Waals surface area contributed by atoms with Gasteiger partial charge in [0, 0.05) is 17.6 Å². The van der Waals surface area contributed by atoms with Crippen LogP contribution in [0, 0.1) is 0 Å². The fourth-order valence-corrected chi connectivity index (χ4v) is 3.50. The van der Waals surface area contributed by atoms with Crippen LogP contribution >= 0.6 is 11.6 Å². The van der Waals surface area contributed by atoms with Gasteiger partial charge in [0.2, 0.25) is 0 Å². The molecule has 0 radical (unpaired) electrons. The molecule has 1 amide bonds. The predicted molar refractivity (Wildman–Crippen MR) is 96.2 cm³/mol. The maximum absolute atomic E-state index is 13.7. The molecule has 1 aliphatic rings. The lowest BCUT2D eigenvalue weighted by Gasteiger charge is -2.32. The Morgan fingerprint density at radius 1 is 1.41 bits per heavy atom. The van der Waals surface area contributed by atoms with Gasteiger partial charge in [-0.3, -0.25) is 4.79 Å². The third-order valence-corrected chi connectivity index (χ3v) is 4.86. The molecule has 9 heteroatoms. The quantitative estimate of drug-likeness (QED) is 0.850. The molecule has 1 aromatic carbocycles. The Balaban J connectivity index is 1.90. The highest BCUT2D eigenvalue weighted by molar-refractivity contribution is 6.30. The molecule has 1 N–H and O–H groups in total. The summed E-state index contributed by atoms with van der Waals surface area (Å²) in [5.74, 6) is -0.765. The van der Waals surface area contributed by atoms with Gasteiger partial charge in [0.1, 0.15) is 0 Å². The summed E-state index contributed by atoms with van der Waals surface area (Å²) in [6.07, 6.45) is -2.15. The molecule has 3 rings (SSSR count). The van der Waals surface area contributed by atoms with E-state index in [1.54, 1.807) is 6.07 Å². The lowest BCUT2D eigenvalue weighted by Crippen LogP contribution is -2.47. The van der Waals surface area contributed by atoms with Gasteiger partial charge in [-0.25, -0.2) is 4.68 Å². The molecule has 1 fully saturated rings. The third kappa shape index (κ3) is 4.44. The Bertz CT molecular complexity index is 821. The van der Waals surface area contributed by atoms with E-state index >= 15 is 0 Å². The molecule has 2 aromatic rings.